The molecule has 0 bridgehead atoms. The van der Waals surface area contributed by atoms with Crippen molar-refractivity contribution >= 4 is 39.6 Å². The van der Waals surface area contributed by atoms with Crippen LogP contribution in [0.15, 0.2) is 50.7 Å². The highest BCUT2D eigenvalue weighted by Gasteiger charge is 2.06. The molecule has 0 heterocycles. The van der Waals surface area contributed by atoms with Crippen LogP contribution in [0.25, 0.3) is 0 Å². The highest BCUT2D eigenvalue weighted by atomic mass is 79.9. The fourth-order valence-corrected chi connectivity index (χ4v) is 3.58. The fourth-order valence-electron chi connectivity index (χ4n) is 1.93. The minimum absolute atomic E-state index is 0.199. The Hall–Kier alpha value is -2.19. The van der Waals surface area contributed by atoms with Crippen molar-refractivity contribution in [3.8, 4) is 11.5 Å². The second-order valence-corrected chi connectivity index (χ2v) is 7.34. The van der Waals surface area contributed by atoms with Crippen LogP contribution in [0.5, 0.6) is 11.5 Å². The lowest BCUT2D eigenvalue weighted by Gasteiger charge is -2.09. The Kier molecular flexibility index (Phi) is 9.74. The summed E-state index contributed by atoms with van der Waals surface area (Å²) >= 11 is 4.84. The molecule has 0 aliphatic carbocycles. The summed E-state index contributed by atoms with van der Waals surface area (Å²) in [5.74, 6) is -0.459. The lowest BCUT2D eigenvalue weighted by molar-refractivity contribution is -0.140. The molecule has 0 atom stereocenters. The molecule has 2 aromatic rings. The first kappa shape index (κ1) is 22.9. The van der Waals surface area contributed by atoms with Gasteiger partial charge in [-0.05, 0) is 55.8 Å². The Morgan fingerprint density at radius 1 is 1.15 bits per heavy atom. The van der Waals surface area contributed by atoms with Gasteiger partial charge >= 0.3 is 11.9 Å². The van der Waals surface area contributed by atoms with E-state index >= 15 is 0 Å². The molecular weight excluding hydrogens is 436 g/mol. The van der Waals surface area contributed by atoms with Crippen LogP contribution in [-0.2, 0) is 14.3 Å². The van der Waals surface area contributed by atoms with Gasteiger partial charge in [-0.25, -0.2) is 4.79 Å². The number of phenolic OH excluding ortho intramolecular Hbond substituents is 1. The van der Waals surface area contributed by atoms with Crippen molar-refractivity contribution in [1.29, 1.82) is 0 Å². The van der Waals surface area contributed by atoms with Gasteiger partial charge in [0.1, 0.15) is 11.5 Å². The van der Waals surface area contributed by atoms with Gasteiger partial charge in [0.2, 0.25) is 0 Å². The molecule has 6 nitrogen and oxygen atoms in total. The third kappa shape index (κ3) is 9.35. The quantitative estimate of drug-likeness (QED) is 0.610. The van der Waals surface area contributed by atoms with E-state index in [4.69, 9.17) is 9.84 Å². The minimum Gasteiger partial charge on any atom is -0.508 e. The van der Waals surface area contributed by atoms with Crippen molar-refractivity contribution in [2.45, 2.75) is 30.6 Å². The lowest BCUT2D eigenvalue weighted by Crippen LogP contribution is -2.09. The molecule has 0 amide bonds. The van der Waals surface area contributed by atoms with E-state index in [9.17, 15) is 14.7 Å². The number of carbonyl (C=O) groups excluding carboxylic acids is 1. The van der Waals surface area contributed by atoms with Crippen LogP contribution in [0.1, 0.15) is 19.4 Å². The van der Waals surface area contributed by atoms with Gasteiger partial charge in [0.05, 0.1) is 6.61 Å². The molecule has 0 aliphatic rings. The molecule has 0 saturated heterocycles. The van der Waals surface area contributed by atoms with E-state index in [1.807, 2.05) is 25.1 Å². The van der Waals surface area contributed by atoms with Gasteiger partial charge in [-0.2, -0.15) is 0 Å². The monoisotopic (exact) mass is 456 g/mol. The molecule has 2 N–H and O–H groups in total. The zero-order chi connectivity index (χ0) is 20.4. The predicted molar refractivity (Wildman–Crippen MR) is 107 cm³/mol. The zero-order valence-corrected chi connectivity index (χ0v) is 17.6. The Morgan fingerprint density at radius 3 is 2.33 bits per heavy atom. The maximum Gasteiger partial charge on any atom is 0.341 e. The number of aliphatic carboxylic acids is 1. The number of carboxylic acids is 1. The maximum absolute atomic E-state index is 10.5. The van der Waals surface area contributed by atoms with Crippen molar-refractivity contribution in [3.05, 3.63) is 46.4 Å². The number of esters is 1. The van der Waals surface area contributed by atoms with Crippen LogP contribution >= 0.6 is 27.7 Å². The molecule has 27 heavy (non-hydrogen) atoms. The van der Waals surface area contributed by atoms with Crippen molar-refractivity contribution in [1.82, 2.24) is 0 Å². The average Bonchev–Trinajstić information content (AvgIpc) is 2.53. The van der Waals surface area contributed by atoms with E-state index in [-0.39, 0.29) is 18.3 Å². The van der Waals surface area contributed by atoms with Gasteiger partial charge in [0.25, 0.3) is 0 Å². The molecule has 2 aromatic carbocycles. The van der Waals surface area contributed by atoms with Crippen molar-refractivity contribution in [2.75, 3.05) is 13.2 Å². The molecule has 146 valence electrons. The average molecular weight is 457 g/mol. The Labute approximate surface area is 170 Å². The van der Waals surface area contributed by atoms with Crippen LogP contribution in [0.2, 0.25) is 0 Å². The second kappa shape index (κ2) is 11.5. The number of carbonyl (C=O) groups is 2. The van der Waals surface area contributed by atoms with Gasteiger partial charge in [-0.15, -0.1) is 0 Å². The molecule has 0 aromatic heterocycles. The summed E-state index contributed by atoms with van der Waals surface area (Å²) in [5.41, 5.74) is 0.862. The second-order valence-electron chi connectivity index (χ2n) is 5.28. The number of phenols is 1. The van der Waals surface area contributed by atoms with E-state index in [1.54, 1.807) is 25.1 Å². The van der Waals surface area contributed by atoms with Gasteiger partial charge < -0.3 is 19.7 Å². The van der Waals surface area contributed by atoms with Crippen LogP contribution < -0.4 is 4.74 Å². The number of halogens is 1. The number of hydrogen-bond acceptors (Lipinski definition) is 6. The molecule has 0 spiro atoms. The van der Waals surface area contributed by atoms with E-state index in [2.05, 4.69) is 20.7 Å². The molecular formula is C19H21BrO6S. The Bertz CT molecular complexity index is 774. The number of aromatic hydroxyl groups is 1. The summed E-state index contributed by atoms with van der Waals surface area (Å²) in [4.78, 5) is 22.2. The molecule has 8 heteroatoms. The highest BCUT2D eigenvalue weighted by molar-refractivity contribution is 9.10. The number of hydrogen-bond donors (Lipinski definition) is 2. The van der Waals surface area contributed by atoms with Gasteiger partial charge in [-0.1, -0.05) is 27.7 Å². The number of benzene rings is 2. The van der Waals surface area contributed by atoms with Crippen LogP contribution in [0, 0.1) is 6.92 Å². The van der Waals surface area contributed by atoms with Crippen molar-refractivity contribution < 1.29 is 29.3 Å². The first-order chi connectivity index (χ1) is 12.7. The zero-order valence-electron chi connectivity index (χ0n) is 15.2. The Balaban J connectivity index is 0.000000527. The van der Waals surface area contributed by atoms with E-state index in [1.165, 1.54) is 18.7 Å². The van der Waals surface area contributed by atoms with E-state index < -0.39 is 5.97 Å². The summed E-state index contributed by atoms with van der Waals surface area (Å²) in [6.45, 7) is 5.16. The lowest BCUT2D eigenvalue weighted by atomic mass is 10.2. The smallest absolute Gasteiger partial charge is 0.341 e. The minimum atomic E-state index is -1.00. The SMILES string of the molecule is CCOC(C)=O.Cc1cc(Sc2cc(O)cc(Br)c2)ccc1OCC(=O)O. The maximum atomic E-state index is 10.5. The number of rotatable bonds is 6. The summed E-state index contributed by atoms with van der Waals surface area (Å²) in [5, 5.41) is 18.2. The third-order valence-corrected chi connectivity index (χ3v) is 4.36. The molecule has 0 unspecified atom stereocenters. The van der Waals surface area contributed by atoms with Crippen LogP contribution in [0.4, 0.5) is 0 Å². The van der Waals surface area contributed by atoms with E-state index in [0.717, 1.165) is 19.8 Å². The third-order valence-electron chi connectivity index (χ3n) is 2.94. The van der Waals surface area contributed by atoms with Crippen LogP contribution in [0.3, 0.4) is 0 Å². The number of carboxylic acid groups (broad SMARTS) is 1. The predicted octanol–water partition coefficient (Wildman–Crippen LogP) is 4.65. The number of aryl methyl sites for hydroxylation is 1. The first-order valence-corrected chi connectivity index (χ1v) is 9.58. The van der Waals surface area contributed by atoms with Gasteiger partial charge in [-0.3, -0.25) is 4.79 Å². The number of ether oxygens (including phenoxy) is 2. The molecule has 0 saturated carbocycles. The Morgan fingerprint density at radius 2 is 1.85 bits per heavy atom. The van der Waals surface area contributed by atoms with Gasteiger partial charge in [0, 0.05) is 21.2 Å². The summed E-state index contributed by atoms with van der Waals surface area (Å²) in [6, 6.07) is 10.7. The molecule has 0 aliphatic heterocycles. The van der Waals surface area contributed by atoms with E-state index in [0.29, 0.717) is 12.4 Å². The molecule has 2 rings (SSSR count). The first-order valence-electron chi connectivity index (χ1n) is 7.97. The normalized spacial score (nSPS) is 9.78. The molecule has 0 fully saturated rings. The summed E-state index contributed by atoms with van der Waals surface area (Å²) in [6.07, 6.45) is 0. The molecule has 0 radical (unpaired) electrons. The standard InChI is InChI=1S/C15H13BrO4S.C4H8O2/c1-9-4-12(2-3-14(9)20-8-15(18)19)21-13-6-10(16)5-11(17)7-13;1-3-6-4(2)5/h2-7,17H,8H2,1H3,(H,18,19);3H2,1-2H3. The topological polar surface area (TPSA) is 93.1 Å². The van der Waals surface area contributed by atoms with Gasteiger partial charge in [0.15, 0.2) is 6.61 Å². The summed E-state index contributed by atoms with van der Waals surface area (Å²) < 4.78 is 10.4. The highest BCUT2D eigenvalue weighted by Crippen LogP contribution is 2.34. The largest absolute Gasteiger partial charge is 0.508 e. The van der Waals surface area contributed by atoms with Crippen molar-refractivity contribution in [3.63, 3.8) is 0 Å². The fraction of sp³-hybridized carbons (Fsp3) is 0.263. The van der Waals surface area contributed by atoms with Crippen LogP contribution in [-0.4, -0.2) is 35.4 Å². The summed E-state index contributed by atoms with van der Waals surface area (Å²) in [7, 11) is 0. The van der Waals surface area contributed by atoms with Crippen molar-refractivity contribution in [2.24, 2.45) is 0 Å².